The van der Waals surface area contributed by atoms with E-state index >= 15 is 0 Å². The molecule has 1 aliphatic heterocycles. The third-order valence-electron chi connectivity index (χ3n) is 3.58. The van der Waals surface area contributed by atoms with Gasteiger partial charge in [0.05, 0.1) is 30.7 Å². The summed E-state index contributed by atoms with van der Waals surface area (Å²) in [5.74, 6) is 0.371. The molecule has 7 heteroatoms. The van der Waals surface area contributed by atoms with Gasteiger partial charge in [0.2, 0.25) is 0 Å². The van der Waals surface area contributed by atoms with E-state index in [1.54, 1.807) is 12.4 Å². The van der Waals surface area contributed by atoms with Crippen molar-refractivity contribution in [1.29, 1.82) is 0 Å². The Morgan fingerprint density at radius 2 is 2.22 bits per heavy atom. The molecule has 0 spiro atoms. The summed E-state index contributed by atoms with van der Waals surface area (Å²) in [5, 5.41) is 5.94. The van der Waals surface area contributed by atoms with Crippen molar-refractivity contribution in [2.75, 3.05) is 18.5 Å². The average molecular weight is 313 g/mol. The molecule has 0 saturated carbocycles. The number of amides is 1. The van der Waals surface area contributed by atoms with Crippen molar-refractivity contribution in [2.24, 2.45) is 0 Å². The fourth-order valence-electron chi connectivity index (χ4n) is 2.32. The molecule has 1 atom stereocenters. The molecule has 1 amide bonds. The lowest BCUT2D eigenvalue weighted by Gasteiger charge is -2.11. The summed E-state index contributed by atoms with van der Waals surface area (Å²) < 4.78 is 5.53. The molecule has 3 heterocycles. The maximum absolute atomic E-state index is 12.0. The minimum Gasteiger partial charge on any atom is -0.376 e. The van der Waals surface area contributed by atoms with Crippen molar-refractivity contribution < 1.29 is 9.53 Å². The molecule has 23 heavy (non-hydrogen) atoms. The lowest BCUT2D eigenvalue weighted by molar-refractivity contribution is 0.0945. The minimum atomic E-state index is -0.270. The molecule has 2 aromatic heterocycles. The van der Waals surface area contributed by atoms with Crippen LogP contribution in [0.3, 0.4) is 0 Å². The summed E-state index contributed by atoms with van der Waals surface area (Å²) in [6, 6.07) is 5.56. The van der Waals surface area contributed by atoms with Crippen LogP contribution in [0.25, 0.3) is 0 Å². The summed E-state index contributed by atoms with van der Waals surface area (Å²) in [6.07, 6.45) is 7.12. The largest absolute Gasteiger partial charge is 0.376 e. The van der Waals surface area contributed by atoms with Gasteiger partial charge < -0.3 is 15.4 Å². The summed E-state index contributed by atoms with van der Waals surface area (Å²) in [7, 11) is 0. The number of aromatic nitrogens is 3. The van der Waals surface area contributed by atoms with Crippen LogP contribution in [-0.2, 0) is 11.3 Å². The van der Waals surface area contributed by atoms with Gasteiger partial charge >= 0.3 is 0 Å². The SMILES string of the molecule is O=C(NCc1ccccn1)c1cnc(NCC2CCCO2)cn1. The van der Waals surface area contributed by atoms with Crippen LogP contribution in [-0.4, -0.2) is 40.1 Å². The summed E-state index contributed by atoms with van der Waals surface area (Å²) in [4.78, 5) is 24.5. The Bertz CT molecular complexity index is 627. The molecule has 2 aromatic rings. The number of nitrogens with zero attached hydrogens (tertiary/aromatic N) is 3. The number of hydrogen-bond acceptors (Lipinski definition) is 6. The molecule has 1 unspecified atom stereocenters. The van der Waals surface area contributed by atoms with E-state index in [4.69, 9.17) is 4.74 Å². The zero-order valence-corrected chi connectivity index (χ0v) is 12.7. The quantitative estimate of drug-likeness (QED) is 0.838. The van der Waals surface area contributed by atoms with E-state index in [2.05, 4.69) is 25.6 Å². The number of hydrogen-bond donors (Lipinski definition) is 2. The fraction of sp³-hybridized carbons (Fsp3) is 0.375. The molecule has 0 aliphatic carbocycles. The van der Waals surface area contributed by atoms with E-state index in [1.807, 2.05) is 18.2 Å². The van der Waals surface area contributed by atoms with Gasteiger partial charge in [0.15, 0.2) is 0 Å². The van der Waals surface area contributed by atoms with E-state index in [0.717, 1.165) is 25.1 Å². The number of rotatable bonds is 6. The molecule has 2 N–H and O–H groups in total. The summed E-state index contributed by atoms with van der Waals surface area (Å²) in [5.41, 5.74) is 1.08. The van der Waals surface area contributed by atoms with Crippen LogP contribution in [0, 0.1) is 0 Å². The first-order valence-electron chi connectivity index (χ1n) is 7.67. The van der Waals surface area contributed by atoms with Crippen LogP contribution in [0.2, 0.25) is 0 Å². The van der Waals surface area contributed by atoms with Crippen molar-refractivity contribution in [3.8, 4) is 0 Å². The van der Waals surface area contributed by atoms with Crippen LogP contribution in [0.5, 0.6) is 0 Å². The molecular formula is C16H19N5O2. The zero-order chi connectivity index (χ0) is 15.9. The predicted molar refractivity (Wildman–Crippen MR) is 84.9 cm³/mol. The van der Waals surface area contributed by atoms with Gasteiger partial charge in [-0.3, -0.25) is 9.78 Å². The first-order valence-corrected chi connectivity index (χ1v) is 7.67. The van der Waals surface area contributed by atoms with E-state index in [0.29, 0.717) is 18.9 Å². The number of ether oxygens (including phenoxy) is 1. The Morgan fingerprint density at radius 1 is 1.26 bits per heavy atom. The third kappa shape index (κ3) is 4.46. The monoisotopic (exact) mass is 313 g/mol. The highest BCUT2D eigenvalue weighted by atomic mass is 16.5. The van der Waals surface area contributed by atoms with Gasteiger partial charge in [0.1, 0.15) is 11.5 Å². The Kier molecular flexibility index (Phi) is 5.10. The number of carbonyl (C=O) groups excluding carboxylic acids is 1. The molecule has 0 aromatic carbocycles. The Labute approximate surface area is 134 Å². The van der Waals surface area contributed by atoms with Crippen molar-refractivity contribution in [1.82, 2.24) is 20.3 Å². The minimum absolute atomic E-state index is 0.234. The molecular weight excluding hydrogens is 294 g/mol. The first kappa shape index (κ1) is 15.4. The highest BCUT2D eigenvalue weighted by Gasteiger charge is 2.15. The second-order valence-corrected chi connectivity index (χ2v) is 5.31. The average Bonchev–Trinajstić information content (AvgIpc) is 3.13. The molecule has 7 nitrogen and oxygen atoms in total. The highest BCUT2D eigenvalue weighted by Crippen LogP contribution is 2.12. The van der Waals surface area contributed by atoms with Gasteiger partial charge in [-0.25, -0.2) is 9.97 Å². The Hall–Kier alpha value is -2.54. The molecule has 0 bridgehead atoms. The number of pyridine rings is 1. The summed E-state index contributed by atoms with van der Waals surface area (Å²) in [6.45, 7) is 1.90. The smallest absolute Gasteiger partial charge is 0.271 e. The predicted octanol–water partition coefficient (Wildman–Crippen LogP) is 1.39. The van der Waals surface area contributed by atoms with Crippen LogP contribution in [0.4, 0.5) is 5.82 Å². The summed E-state index contributed by atoms with van der Waals surface area (Å²) >= 11 is 0. The number of carbonyl (C=O) groups is 1. The normalized spacial score (nSPS) is 17.0. The van der Waals surface area contributed by atoms with E-state index in [-0.39, 0.29) is 17.7 Å². The molecule has 0 radical (unpaired) electrons. The lowest BCUT2D eigenvalue weighted by atomic mass is 10.2. The molecule has 1 aliphatic rings. The van der Waals surface area contributed by atoms with Gasteiger partial charge in [-0.15, -0.1) is 0 Å². The maximum atomic E-state index is 12.0. The standard InChI is InChI=1S/C16H19N5O2/c22-16(21-8-12-4-1-2-6-17-12)14-10-20-15(11-18-14)19-9-13-5-3-7-23-13/h1-2,4,6,10-11,13H,3,5,7-9H2,(H,19,20)(H,21,22). The van der Waals surface area contributed by atoms with Crippen LogP contribution < -0.4 is 10.6 Å². The molecule has 120 valence electrons. The lowest BCUT2D eigenvalue weighted by Crippen LogP contribution is -2.24. The number of nitrogens with one attached hydrogen (secondary N) is 2. The van der Waals surface area contributed by atoms with Crippen molar-refractivity contribution in [3.63, 3.8) is 0 Å². The van der Waals surface area contributed by atoms with Gasteiger partial charge in [-0.1, -0.05) is 6.07 Å². The van der Waals surface area contributed by atoms with Crippen molar-refractivity contribution in [2.45, 2.75) is 25.5 Å². The Balaban J connectivity index is 1.48. The first-order chi connectivity index (χ1) is 11.3. The fourth-order valence-corrected chi connectivity index (χ4v) is 2.32. The van der Waals surface area contributed by atoms with Crippen molar-refractivity contribution in [3.05, 3.63) is 48.2 Å². The Morgan fingerprint density at radius 3 is 2.91 bits per heavy atom. The van der Waals surface area contributed by atoms with Crippen molar-refractivity contribution >= 4 is 11.7 Å². The van der Waals surface area contributed by atoms with E-state index < -0.39 is 0 Å². The van der Waals surface area contributed by atoms with Crippen LogP contribution in [0.15, 0.2) is 36.8 Å². The maximum Gasteiger partial charge on any atom is 0.271 e. The van der Waals surface area contributed by atoms with Crippen LogP contribution >= 0.6 is 0 Å². The molecule has 1 saturated heterocycles. The van der Waals surface area contributed by atoms with Gasteiger partial charge in [0.25, 0.3) is 5.91 Å². The molecule has 3 rings (SSSR count). The van der Waals surface area contributed by atoms with Gasteiger partial charge in [-0.05, 0) is 25.0 Å². The zero-order valence-electron chi connectivity index (χ0n) is 12.7. The number of anilines is 1. The highest BCUT2D eigenvalue weighted by molar-refractivity contribution is 5.91. The van der Waals surface area contributed by atoms with Crippen LogP contribution in [0.1, 0.15) is 29.0 Å². The van der Waals surface area contributed by atoms with Gasteiger partial charge in [-0.2, -0.15) is 0 Å². The second kappa shape index (κ2) is 7.64. The van der Waals surface area contributed by atoms with E-state index in [9.17, 15) is 4.79 Å². The second-order valence-electron chi connectivity index (χ2n) is 5.31. The van der Waals surface area contributed by atoms with Gasteiger partial charge in [0, 0.05) is 19.3 Å². The topological polar surface area (TPSA) is 89.0 Å². The van der Waals surface area contributed by atoms with E-state index in [1.165, 1.54) is 6.20 Å². The molecule has 1 fully saturated rings. The third-order valence-corrected chi connectivity index (χ3v) is 3.58.